The van der Waals surface area contributed by atoms with Gasteiger partial charge < -0.3 is 5.32 Å². The largest absolute Gasteiger partial charge is 0.309 e. The van der Waals surface area contributed by atoms with E-state index in [9.17, 15) is 8.42 Å². The van der Waals surface area contributed by atoms with Crippen molar-refractivity contribution in [2.75, 3.05) is 12.8 Å². The maximum atomic E-state index is 11.4. The highest BCUT2D eigenvalue weighted by atomic mass is 32.2. The van der Waals surface area contributed by atoms with Gasteiger partial charge >= 0.3 is 0 Å². The fourth-order valence-electron chi connectivity index (χ4n) is 2.26. The molecule has 21 heavy (non-hydrogen) atoms. The molecular formula is C16H21NO2S2. The topological polar surface area (TPSA) is 46.2 Å². The van der Waals surface area contributed by atoms with Crippen molar-refractivity contribution >= 4 is 21.2 Å². The molecule has 0 fully saturated rings. The van der Waals surface area contributed by atoms with E-state index in [1.54, 1.807) is 23.5 Å². The molecule has 0 unspecified atom stereocenters. The predicted molar refractivity (Wildman–Crippen MR) is 88.7 cm³/mol. The second-order valence-corrected chi connectivity index (χ2v) is 8.27. The third-order valence-electron chi connectivity index (χ3n) is 3.51. The smallest absolute Gasteiger partial charge is 0.175 e. The molecule has 1 heterocycles. The Morgan fingerprint density at radius 2 is 1.86 bits per heavy atom. The molecule has 1 N–H and O–H groups in total. The van der Waals surface area contributed by atoms with Gasteiger partial charge in [-0.15, -0.1) is 11.3 Å². The first-order valence-corrected chi connectivity index (χ1v) is 9.71. The van der Waals surface area contributed by atoms with Gasteiger partial charge in [0.1, 0.15) is 0 Å². The van der Waals surface area contributed by atoms with Gasteiger partial charge in [-0.3, -0.25) is 0 Å². The molecule has 0 bridgehead atoms. The fraction of sp³-hybridized carbons (Fsp3) is 0.375. The molecule has 114 valence electrons. The molecule has 0 aliphatic carbocycles. The van der Waals surface area contributed by atoms with Gasteiger partial charge in [0.2, 0.25) is 0 Å². The average molecular weight is 323 g/mol. The lowest BCUT2D eigenvalue weighted by atomic mass is 10.1. The zero-order chi connectivity index (χ0) is 15.5. The van der Waals surface area contributed by atoms with Crippen molar-refractivity contribution in [3.8, 4) is 0 Å². The number of hydrogen-bond acceptors (Lipinski definition) is 4. The van der Waals surface area contributed by atoms with E-state index in [1.165, 1.54) is 16.7 Å². The molecule has 0 aliphatic heterocycles. The average Bonchev–Trinajstić information content (AvgIpc) is 2.84. The quantitative estimate of drug-likeness (QED) is 0.887. The number of hydrogen-bond donors (Lipinski definition) is 1. The van der Waals surface area contributed by atoms with Crippen LogP contribution in [-0.2, 0) is 16.3 Å². The third-order valence-corrected chi connectivity index (χ3v) is 5.84. The van der Waals surface area contributed by atoms with E-state index in [-0.39, 0.29) is 0 Å². The van der Waals surface area contributed by atoms with Crippen molar-refractivity contribution in [2.45, 2.75) is 31.2 Å². The molecule has 0 amide bonds. The summed E-state index contributed by atoms with van der Waals surface area (Å²) in [5.41, 5.74) is 2.47. The van der Waals surface area contributed by atoms with Gasteiger partial charge in [-0.05, 0) is 61.5 Å². The fourth-order valence-corrected chi connectivity index (χ4v) is 3.85. The highest BCUT2D eigenvalue weighted by molar-refractivity contribution is 7.90. The van der Waals surface area contributed by atoms with E-state index in [0.29, 0.717) is 10.9 Å². The summed E-state index contributed by atoms with van der Waals surface area (Å²) in [5.74, 6) is 0. The molecule has 0 spiro atoms. The molecule has 2 aromatic rings. The van der Waals surface area contributed by atoms with E-state index in [4.69, 9.17) is 0 Å². The van der Waals surface area contributed by atoms with Gasteiger partial charge in [0.15, 0.2) is 9.84 Å². The first kappa shape index (κ1) is 16.2. The first-order chi connectivity index (χ1) is 9.88. The van der Waals surface area contributed by atoms with Crippen LogP contribution in [-0.4, -0.2) is 21.2 Å². The lowest BCUT2D eigenvalue weighted by Crippen LogP contribution is -2.21. The van der Waals surface area contributed by atoms with E-state index in [1.807, 2.05) is 12.1 Å². The summed E-state index contributed by atoms with van der Waals surface area (Å²) < 4.78 is 22.8. The van der Waals surface area contributed by atoms with Gasteiger partial charge in [0.25, 0.3) is 0 Å². The summed E-state index contributed by atoms with van der Waals surface area (Å²) >= 11 is 1.78. The molecule has 3 nitrogen and oxygen atoms in total. The summed E-state index contributed by atoms with van der Waals surface area (Å²) in [4.78, 5) is 1.75. The Morgan fingerprint density at radius 1 is 1.19 bits per heavy atom. The highest BCUT2D eigenvalue weighted by Crippen LogP contribution is 2.23. The molecule has 2 rings (SSSR count). The van der Waals surface area contributed by atoms with Gasteiger partial charge in [0.05, 0.1) is 4.90 Å². The number of sulfone groups is 1. The van der Waals surface area contributed by atoms with Crippen molar-refractivity contribution in [3.63, 3.8) is 0 Å². The molecule has 0 saturated heterocycles. The van der Waals surface area contributed by atoms with Gasteiger partial charge in [0, 0.05) is 17.2 Å². The van der Waals surface area contributed by atoms with Crippen LogP contribution in [0.2, 0.25) is 0 Å². The van der Waals surface area contributed by atoms with E-state index in [0.717, 1.165) is 18.5 Å². The minimum Gasteiger partial charge on any atom is -0.309 e. The minimum atomic E-state index is -3.10. The maximum Gasteiger partial charge on any atom is 0.175 e. The van der Waals surface area contributed by atoms with Crippen LogP contribution in [0.1, 0.15) is 29.0 Å². The SMILES string of the molecule is Cc1ccsc1[C@@H](C)NCCc1ccc(S(C)(=O)=O)cc1. The van der Waals surface area contributed by atoms with E-state index in [2.05, 4.69) is 30.6 Å². The monoisotopic (exact) mass is 323 g/mol. The number of thiophene rings is 1. The zero-order valence-electron chi connectivity index (χ0n) is 12.6. The van der Waals surface area contributed by atoms with Crippen molar-refractivity contribution in [1.29, 1.82) is 0 Å². The minimum absolute atomic E-state index is 0.347. The van der Waals surface area contributed by atoms with Crippen LogP contribution < -0.4 is 5.32 Å². The van der Waals surface area contributed by atoms with Crippen LogP contribution in [0.5, 0.6) is 0 Å². The van der Waals surface area contributed by atoms with Crippen molar-refractivity contribution < 1.29 is 8.42 Å². The van der Waals surface area contributed by atoms with E-state index < -0.39 is 9.84 Å². The predicted octanol–water partition coefficient (Wildman–Crippen LogP) is 3.35. The second kappa shape index (κ2) is 6.73. The van der Waals surface area contributed by atoms with Crippen molar-refractivity contribution in [1.82, 2.24) is 5.32 Å². The number of benzene rings is 1. The maximum absolute atomic E-state index is 11.4. The van der Waals surface area contributed by atoms with Crippen LogP contribution in [0.15, 0.2) is 40.6 Å². The molecule has 0 saturated carbocycles. The second-order valence-electron chi connectivity index (χ2n) is 5.31. The van der Waals surface area contributed by atoms with Crippen molar-refractivity contribution in [2.24, 2.45) is 0 Å². The Bertz CT molecular complexity index is 687. The van der Waals surface area contributed by atoms with Crippen LogP contribution in [0.4, 0.5) is 0 Å². The van der Waals surface area contributed by atoms with Gasteiger partial charge in [-0.1, -0.05) is 12.1 Å². The number of aryl methyl sites for hydroxylation is 1. The molecule has 0 aliphatic rings. The molecule has 1 atom stereocenters. The summed E-state index contributed by atoms with van der Waals surface area (Å²) in [6, 6.07) is 9.62. The highest BCUT2D eigenvalue weighted by Gasteiger charge is 2.09. The van der Waals surface area contributed by atoms with Crippen LogP contribution in [0.3, 0.4) is 0 Å². The lowest BCUT2D eigenvalue weighted by molar-refractivity contribution is 0.582. The number of nitrogens with one attached hydrogen (secondary N) is 1. The normalized spacial score (nSPS) is 13.3. The van der Waals surface area contributed by atoms with E-state index >= 15 is 0 Å². The Kier molecular flexibility index (Phi) is 5.19. The molecule has 5 heteroatoms. The molecule has 1 aromatic carbocycles. The zero-order valence-corrected chi connectivity index (χ0v) is 14.2. The summed E-state index contributed by atoms with van der Waals surface area (Å²) in [5, 5.41) is 5.63. The number of rotatable bonds is 6. The summed E-state index contributed by atoms with van der Waals surface area (Å²) in [6.45, 7) is 5.18. The van der Waals surface area contributed by atoms with Crippen LogP contribution in [0, 0.1) is 6.92 Å². The molecular weight excluding hydrogens is 302 g/mol. The molecule has 1 aromatic heterocycles. The molecule has 0 radical (unpaired) electrons. The lowest BCUT2D eigenvalue weighted by Gasteiger charge is -2.13. The van der Waals surface area contributed by atoms with Crippen LogP contribution in [0.25, 0.3) is 0 Å². The Balaban J connectivity index is 1.88. The summed E-state index contributed by atoms with van der Waals surface area (Å²) in [6.07, 6.45) is 2.12. The third kappa shape index (κ3) is 4.40. The van der Waals surface area contributed by atoms with Gasteiger partial charge in [-0.2, -0.15) is 0 Å². The Morgan fingerprint density at radius 3 is 2.38 bits per heavy atom. The van der Waals surface area contributed by atoms with Crippen molar-refractivity contribution in [3.05, 3.63) is 51.7 Å². The summed E-state index contributed by atoms with van der Waals surface area (Å²) in [7, 11) is -3.10. The first-order valence-electron chi connectivity index (χ1n) is 6.94. The van der Waals surface area contributed by atoms with Gasteiger partial charge in [-0.25, -0.2) is 8.42 Å². The van der Waals surface area contributed by atoms with Crippen LogP contribution >= 0.6 is 11.3 Å². The Labute approximate surface area is 130 Å². The Hall–Kier alpha value is -1.17. The standard InChI is InChI=1S/C16H21NO2S2/c1-12-9-11-20-16(12)13(2)17-10-8-14-4-6-15(7-5-14)21(3,18)19/h4-7,9,11,13,17H,8,10H2,1-3H3/t13-/m1/s1.